The van der Waals surface area contributed by atoms with Crippen molar-refractivity contribution >= 4 is 31.7 Å². The summed E-state index contributed by atoms with van der Waals surface area (Å²) in [4.78, 5) is 70.6. The molecule has 45 heavy (non-hydrogen) atoms. The van der Waals surface area contributed by atoms with Gasteiger partial charge < -0.3 is 63.2 Å². The number of hydrogen-bond donors (Lipinski definition) is 0. The number of phosphoric acid groups is 1. The van der Waals surface area contributed by atoms with Gasteiger partial charge in [-0.3, -0.25) is 14.7 Å². The van der Waals surface area contributed by atoms with E-state index in [1.165, 1.54) is 34.1 Å². The van der Waals surface area contributed by atoms with Gasteiger partial charge >= 0.3 is 0 Å². The lowest BCUT2D eigenvalue weighted by molar-refractivity contribution is -0.334. The van der Waals surface area contributed by atoms with Gasteiger partial charge in [-0.2, -0.15) is 0 Å². The molecule has 0 saturated carbocycles. The number of likely N-dealkylation sites (N-methyl/N-ethyl adjacent to an activating group) is 1. The summed E-state index contributed by atoms with van der Waals surface area (Å²) in [6.45, 7) is -1.06. The monoisotopic (exact) mass is 651 g/mol. The summed E-state index contributed by atoms with van der Waals surface area (Å²) in [6, 6.07) is 11.0. The number of carbonyl (C=O) groups is 4. The average molecular weight is 652 g/mol. The summed E-state index contributed by atoms with van der Waals surface area (Å²) in [7, 11) is -5.20. The maximum atomic E-state index is 11.4. The highest BCUT2D eigenvalue weighted by Gasteiger charge is 2.24. The van der Waals surface area contributed by atoms with E-state index in [-0.39, 0.29) is 45.2 Å². The van der Waals surface area contributed by atoms with Crippen molar-refractivity contribution in [2.24, 2.45) is 0 Å². The Morgan fingerprint density at radius 1 is 0.711 bits per heavy atom. The molecule has 1 atom stereocenters. The molecule has 16 nitrogen and oxygen atoms in total. The maximum Gasteiger partial charge on any atom is 0.124 e. The molecule has 0 aromatic heterocycles. The van der Waals surface area contributed by atoms with Crippen LogP contribution in [0.2, 0.25) is 0 Å². The molecule has 17 heteroatoms. The van der Waals surface area contributed by atoms with Crippen LogP contribution in [-0.2, 0) is 23.7 Å². The third kappa shape index (κ3) is 15.5. The minimum absolute atomic E-state index is 0. The van der Waals surface area contributed by atoms with Gasteiger partial charge in [0.1, 0.15) is 25.9 Å². The van der Waals surface area contributed by atoms with Gasteiger partial charge in [-0.1, -0.05) is 38.6 Å². The predicted molar refractivity (Wildman–Crippen MR) is 146 cm³/mol. The van der Waals surface area contributed by atoms with E-state index in [4.69, 9.17) is 4.74 Å². The lowest BCUT2D eigenvalue weighted by Gasteiger charge is -2.36. The molecule has 250 valence electrons. The molecular formula is C28H34N3O13P-6. The first-order chi connectivity index (χ1) is 20.6. The zero-order valence-corrected chi connectivity index (χ0v) is 24.6. The summed E-state index contributed by atoms with van der Waals surface area (Å²) in [5, 5.41) is 45.2. The van der Waals surface area contributed by atoms with Crippen molar-refractivity contribution < 1.29 is 63.2 Å². The van der Waals surface area contributed by atoms with E-state index in [1.54, 1.807) is 31.2 Å². The fraction of sp³-hybridized carbons (Fsp3) is 0.429. The fourth-order valence-corrected chi connectivity index (χ4v) is 4.60. The molecule has 1 unspecified atom stereocenters. The van der Waals surface area contributed by atoms with Crippen molar-refractivity contribution in [1.29, 1.82) is 0 Å². The van der Waals surface area contributed by atoms with Crippen LogP contribution in [0.5, 0.6) is 11.5 Å². The Balaban J connectivity index is 0.0000101. The van der Waals surface area contributed by atoms with Gasteiger partial charge in [-0.05, 0) is 41.9 Å². The quantitative estimate of drug-likeness (QED) is 0.114. The Morgan fingerprint density at radius 3 is 1.56 bits per heavy atom. The molecule has 0 aliphatic carbocycles. The van der Waals surface area contributed by atoms with E-state index >= 15 is 0 Å². The highest BCUT2D eigenvalue weighted by molar-refractivity contribution is 7.43. The second-order valence-corrected chi connectivity index (χ2v) is 10.6. The highest BCUT2D eigenvalue weighted by atomic mass is 31.2. The number of carboxylic acids is 4. The first kappa shape index (κ1) is 39.0. The molecule has 0 amide bonds. The van der Waals surface area contributed by atoms with E-state index in [1.807, 2.05) is 0 Å². The number of carbonyl (C=O) groups excluding carboxylic acids is 4. The smallest absolute Gasteiger partial charge is 0.124 e. The number of phosphoric ester groups is 1. The number of hydrogen-bond acceptors (Lipinski definition) is 16. The van der Waals surface area contributed by atoms with Gasteiger partial charge in [0.15, 0.2) is 0 Å². The second kappa shape index (κ2) is 18.7. The fourth-order valence-electron chi connectivity index (χ4n) is 4.22. The van der Waals surface area contributed by atoms with Crippen molar-refractivity contribution in [1.82, 2.24) is 14.7 Å². The van der Waals surface area contributed by atoms with Crippen molar-refractivity contribution in [2.45, 2.75) is 20.4 Å². The molecule has 0 aliphatic rings. The topological polar surface area (TPSA) is 252 Å². The van der Waals surface area contributed by atoms with Gasteiger partial charge in [-0.15, -0.1) is 0 Å². The largest absolute Gasteiger partial charge is 0.780 e. The standard InChI is InChI=1S/C27H36N3O13P.CH4/c1-2-28(14-24(31)32)11-12-29(15-25(33)34)13-21(30(16-26(35)36)17-27(37)38)18-42-22-7-3-19(4-8-22)20-5-9-23(10-6-20)43-44(39,40)41;/h3-10,21H,2,11-18H2,1H3,(H,31,32)(H,33,34)(H,35,36)(H,37,38)(H2,39,40,41);1H4/p-6. The van der Waals surface area contributed by atoms with E-state index in [0.29, 0.717) is 17.7 Å². The van der Waals surface area contributed by atoms with Crippen molar-refractivity contribution in [3.05, 3.63) is 48.5 Å². The maximum absolute atomic E-state index is 11.4. The molecule has 0 saturated heterocycles. The van der Waals surface area contributed by atoms with Gasteiger partial charge in [0, 0.05) is 45.8 Å². The molecule has 2 aromatic carbocycles. The van der Waals surface area contributed by atoms with Crippen LogP contribution >= 0.6 is 7.82 Å². The predicted octanol–water partition coefficient (Wildman–Crippen LogP) is -5.13. The van der Waals surface area contributed by atoms with Crippen LogP contribution < -0.4 is 39.5 Å². The van der Waals surface area contributed by atoms with Crippen LogP contribution in [0.1, 0.15) is 14.4 Å². The molecule has 0 aliphatic heterocycles. The Labute approximate surface area is 260 Å². The lowest BCUT2D eigenvalue weighted by Crippen LogP contribution is -2.56. The summed E-state index contributed by atoms with van der Waals surface area (Å²) < 4.78 is 20.9. The van der Waals surface area contributed by atoms with Gasteiger partial charge in [0.2, 0.25) is 0 Å². The summed E-state index contributed by atoms with van der Waals surface area (Å²) >= 11 is 0. The lowest BCUT2D eigenvalue weighted by atomic mass is 10.1. The zero-order chi connectivity index (χ0) is 32.9. The van der Waals surface area contributed by atoms with E-state index in [9.17, 15) is 54.0 Å². The van der Waals surface area contributed by atoms with Crippen molar-refractivity contribution in [3.8, 4) is 22.6 Å². The highest BCUT2D eigenvalue weighted by Crippen LogP contribution is 2.31. The Kier molecular flexibility index (Phi) is 16.2. The van der Waals surface area contributed by atoms with Crippen LogP contribution in [0.4, 0.5) is 0 Å². The Bertz CT molecular complexity index is 1290. The normalized spacial score (nSPS) is 12.0. The number of nitrogens with zero attached hydrogens (tertiary/aromatic N) is 3. The summed E-state index contributed by atoms with van der Waals surface area (Å²) in [5.41, 5.74) is 1.31. The minimum Gasteiger partial charge on any atom is -0.780 e. The summed E-state index contributed by atoms with van der Waals surface area (Å²) in [5.74, 6) is -5.85. The van der Waals surface area contributed by atoms with Gasteiger partial charge in [0.25, 0.3) is 0 Å². The van der Waals surface area contributed by atoms with Gasteiger partial charge in [0.05, 0.1) is 29.9 Å². The van der Waals surface area contributed by atoms with E-state index < -0.39 is 63.9 Å². The number of aliphatic carboxylic acids is 4. The molecule has 0 N–H and O–H groups in total. The molecule has 0 bridgehead atoms. The van der Waals surface area contributed by atoms with Gasteiger partial charge in [-0.25, -0.2) is 0 Å². The minimum atomic E-state index is -5.20. The average Bonchev–Trinajstić information content (AvgIpc) is 2.91. The first-order valence-electron chi connectivity index (χ1n) is 13.2. The second-order valence-electron chi connectivity index (χ2n) is 9.55. The number of carboxylic acid groups (broad SMARTS) is 4. The molecular weight excluding hydrogens is 617 g/mol. The van der Waals surface area contributed by atoms with Crippen molar-refractivity contribution in [2.75, 3.05) is 59.0 Å². The Morgan fingerprint density at radius 2 is 1.13 bits per heavy atom. The molecule has 0 heterocycles. The molecule has 0 radical (unpaired) electrons. The van der Waals surface area contributed by atoms with Crippen LogP contribution in [0, 0.1) is 0 Å². The van der Waals surface area contributed by atoms with Crippen LogP contribution in [-0.4, -0.2) is 104 Å². The molecule has 0 spiro atoms. The molecule has 2 rings (SSSR count). The number of ether oxygens (including phenoxy) is 1. The summed E-state index contributed by atoms with van der Waals surface area (Å²) in [6.07, 6.45) is 0. The SMILES string of the molecule is C.CCN(CCN(CC(=O)[O-])CC(COc1ccc(-c2ccc(OP(=O)([O-])[O-])cc2)cc1)N(CC(=O)[O-])CC(=O)[O-])CC(=O)[O-]. The van der Waals surface area contributed by atoms with E-state index in [2.05, 4.69) is 4.52 Å². The van der Waals surface area contributed by atoms with Crippen molar-refractivity contribution in [3.63, 3.8) is 0 Å². The number of rotatable bonds is 21. The van der Waals surface area contributed by atoms with Crippen LogP contribution in [0.25, 0.3) is 11.1 Å². The molecule has 0 fully saturated rings. The van der Waals surface area contributed by atoms with Crippen LogP contribution in [0.3, 0.4) is 0 Å². The third-order valence-corrected chi connectivity index (χ3v) is 6.67. The zero-order valence-electron chi connectivity index (χ0n) is 23.7. The Hall–Kier alpha value is -4.05. The van der Waals surface area contributed by atoms with Crippen LogP contribution in [0.15, 0.2) is 48.5 Å². The first-order valence-corrected chi connectivity index (χ1v) is 14.6. The number of benzene rings is 2. The van der Waals surface area contributed by atoms with E-state index in [0.717, 1.165) is 4.90 Å². The third-order valence-electron chi connectivity index (χ3n) is 6.24. The molecule has 2 aromatic rings.